The minimum Gasteiger partial charge on any atom is -0.264 e. The zero-order chi connectivity index (χ0) is 11.3. The summed E-state index contributed by atoms with van der Waals surface area (Å²) in [5.74, 6) is 0. The highest BCUT2D eigenvalue weighted by Gasteiger charge is 2.21. The molecule has 0 spiro atoms. The van der Waals surface area contributed by atoms with Gasteiger partial charge in [0.15, 0.2) is 0 Å². The summed E-state index contributed by atoms with van der Waals surface area (Å²) < 4.78 is 0.779. The van der Waals surface area contributed by atoms with E-state index in [9.17, 15) is 0 Å². The maximum atomic E-state index is 2.20. The molecule has 0 saturated heterocycles. The molecule has 0 amide bonds. The minimum absolute atomic E-state index is 0.779. The Morgan fingerprint density at radius 1 is 1.07 bits per heavy atom. The third kappa shape index (κ3) is 2.57. The Balaban J connectivity index is 3.12. The van der Waals surface area contributed by atoms with E-state index in [4.69, 9.17) is 0 Å². The van der Waals surface area contributed by atoms with Crippen LogP contribution in [0, 0.1) is 0 Å². The van der Waals surface area contributed by atoms with Crippen molar-refractivity contribution in [1.29, 1.82) is 0 Å². The van der Waals surface area contributed by atoms with Crippen molar-refractivity contribution >= 4 is 5.69 Å². The maximum Gasteiger partial charge on any atom is 0.137 e. The lowest BCUT2D eigenvalue weighted by Crippen LogP contribution is -2.38. The van der Waals surface area contributed by atoms with Crippen molar-refractivity contribution < 1.29 is 0 Å². The van der Waals surface area contributed by atoms with Gasteiger partial charge in [-0.05, 0) is 38.1 Å². The van der Waals surface area contributed by atoms with Crippen LogP contribution in [0.2, 0.25) is 0 Å². The van der Waals surface area contributed by atoms with Gasteiger partial charge in [0.25, 0.3) is 0 Å². The maximum absolute atomic E-state index is 2.20. The normalized spacial score (nSPS) is 13.5. The van der Waals surface area contributed by atoms with Crippen LogP contribution in [-0.2, 0) is 0 Å². The average molecular weight is 202 g/mol. The predicted molar refractivity (Wildman–Crippen MR) is 68.7 cm³/mol. The van der Waals surface area contributed by atoms with Gasteiger partial charge in [0.1, 0.15) is 11.4 Å². The number of nitrogens with zero attached hydrogens (tertiary/aromatic N) is 1. The molecule has 0 radical (unpaired) electrons. The fourth-order valence-corrected chi connectivity index (χ4v) is 1.73. The van der Waals surface area contributed by atoms with E-state index in [0.717, 1.165) is 4.48 Å². The highest BCUT2D eigenvalue weighted by molar-refractivity contribution is 5.48. The highest BCUT2D eigenvalue weighted by Crippen LogP contribution is 2.24. The Hall–Kier alpha value is -1.34. The first-order valence-corrected chi connectivity index (χ1v) is 5.32. The monoisotopic (exact) mass is 202 g/mol. The second-order valence-corrected chi connectivity index (χ2v) is 4.00. The van der Waals surface area contributed by atoms with Crippen molar-refractivity contribution in [3.8, 4) is 0 Å². The largest absolute Gasteiger partial charge is 0.264 e. The summed E-state index contributed by atoms with van der Waals surface area (Å²) in [6.07, 6.45) is 6.40. The molecule has 0 aromatic heterocycles. The van der Waals surface area contributed by atoms with Gasteiger partial charge in [0, 0.05) is 0 Å². The summed E-state index contributed by atoms with van der Waals surface area (Å²) in [5, 5.41) is 0. The lowest BCUT2D eigenvalue weighted by Gasteiger charge is -2.29. The van der Waals surface area contributed by atoms with Gasteiger partial charge in [-0.25, -0.2) is 0 Å². The van der Waals surface area contributed by atoms with Crippen molar-refractivity contribution in [2.24, 2.45) is 0 Å². The number of hydrogen-bond donors (Lipinski definition) is 0. The molecule has 0 heterocycles. The van der Waals surface area contributed by atoms with Gasteiger partial charge in [0.2, 0.25) is 0 Å². The number of para-hydroxylation sites is 1. The topological polar surface area (TPSA) is 0 Å². The number of rotatable bonds is 3. The van der Waals surface area contributed by atoms with E-state index in [1.54, 1.807) is 0 Å². The number of hydrogen-bond acceptors (Lipinski definition) is 0. The first-order chi connectivity index (χ1) is 7.12. The number of benzene rings is 1. The van der Waals surface area contributed by atoms with Crippen molar-refractivity contribution in [2.75, 3.05) is 14.1 Å². The fraction of sp³-hybridized carbons (Fsp3) is 0.286. The molecule has 0 bridgehead atoms. The molecule has 0 unspecified atom stereocenters. The van der Waals surface area contributed by atoms with Gasteiger partial charge in [-0.15, -0.1) is 0 Å². The number of allylic oxidation sites excluding steroid dienone is 3. The Bertz CT molecular complexity index is 358. The van der Waals surface area contributed by atoms with E-state index in [-0.39, 0.29) is 0 Å². The average Bonchev–Trinajstić information content (AvgIpc) is 2.27. The molecule has 0 saturated carbocycles. The van der Waals surface area contributed by atoms with Gasteiger partial charge in [0.05, 0.1) is 14.1 Å². The summed E-state index contributed by atoms with van der Waals surface area (Å²) >= 11 is 0. The van der Waals surface area contributed by atoms with Crippen LogP contribution in [0.25, 0.3) is 0 Å². The number of quaternary nitrogens is 1. The number of likely N-dealkylation sites (N-methyl/N-ethyl adjacent to an activating group) is 1. The van der Waals surface area contributed by atoms with Crippen LogP contribution >= 0.6 is 0 Å². The Kier molecular flexibility index (Phi) is 3.87. The molecule has 80 valence electrons. The van der Waals surface area contributed by atoms with Crippen LogP contribution in [0.1, 0.15) is 13.8 Å². The van der Waals surface area contributed by atoms with E-state index in [2.05, 4.69) is 76.5 Å². The Morgan fingerprint density at radius 2 is 1.67 bits per heavy atom. The lowest BCUT2D eigenvalue weighted by atomic mass is 10.2. The van der Waals surface area contributed by atoms with Crippen molar-refractivity contribution in [2.45, 2.75) is 13.8 Å². The van der Waals surface area contributed by atoms with Crippen LogP contribution < -0.4 is 4.48 Å². The summed E-state index contributed by atoms with van der Waals surface area (Å²) in [6.45, 7) is 4.13. The van der Waals surface area contributed by atoms with Gasteiger partial charge in [-0.1, -0.05) is 24.3 Å². The molecular formula is C14H20N+. The zero-order valence-corrected chi connectivity index (χ0v) is 10.1. The second kappa shape index (κ2) is 4.94. The third-order valence-corrected chi connectivity index (χ3v) is 2.68. The van der Waals surface area contributed by atoms with E-state index in [1.807, 2.05) is 0 Å². The molecule has 1 rings (SSSR count). The van der Waals surface area contributed by atoms with Gasteiger partial charge in [-0.3, -0.25) is 4.48 Å². The van der Waals surface area contributed by atoms with Crippen LogP contribution in [0.4, 0.5) is 5.69 Å². The van der Waals surface area contributed by atoms with Crippen molar-refractivity contribution in [1.82, 2.24) is 4.48 Å². The Labute approximate surface area is 92.9 Å². The van der Waals surface area contributed by atoms with Crippen LogP contribution in [-0.4, -0.2) is 14.1 Å². The molecule has 0 N–H and O–H groups in total. The van der Waals surface area contributed by atoms with E-state index >= 15 is 0 Å². The van der Waals surface area contributed by atoms with E-state index in [0.29, 0.717) is 0 Å². The minimum atomic E-state index is 0.779. The lowest BCUT2D eigenvalue weighted by molar-refractivity contribution is 0.508. The molecule has 1 heteroatoms. The standard InChI is InChI=1S/C14H20N/c1-5-10-13(6-2)15(3,4)14-11-8-7-9-12-14/h5-12H,1-4H3/q+1/b10-5-,13-6+. The molecule has 1 aromatic rings. The highest BCUT2D eigenvalue weighted by atomic mass is 15.3. The first-order valence-electron chi connectivity index (χ1n) is 5.32. The van der Waals surface area contributed by atoms with Gasteiger partial charge >= 0.3 is 0 Å². The van der Waals surface area contributed by atoms with Crippen LogP contribution in [0.15, 0.2) is 54.3 Å². The fourth-order valence-electron chi connectivity index (χ4n) is 1.73. The summed E-state index contributed by atoms with van der Waals surface area (Å²) in [4.78, 5) is 0. The smallest absolute Gasteiger partial charge is 0.137 e. The van der Waals surface area contributed by atoms with E-state index < -0.39 is 0 Å². The summed E-state index contributed by atoms with van der Waals surface area (Å²) in [5.41, 5.74) is 2.59. The molecule has 0 aliphatic carbocycles. The first kappa shape index (κ1) is 11.7. The molecule has 0 aliphatic heterocycles. The zero-order valence-electron chi connectivity index (χ0n) is 10.1. The molecule has 0 aliphatic rings. The van der Waals surface area contributed by atoms with Crippen LogP contribution in [0.5, 0.6) is 0 Å². The Morgan fingerprint density at radius 3 is 2.13 bits per heavy atom. The van der Waals surface area contributed by atoms with Gasteiger partial charge in [-0.2, -0.15) is 0 Å². The van der Waals surface area contributed by atoms with Crippen molar-refractivity contribution in [3.05, 3.63) is 54.3 Å². The second-order valence-electron chi connectivity index (χ2n) is 4.00. The summed E-state index contributed by atoms with van der Waals surface area (Å²) in [7, 11) is 4.40. The van der Waals surface area contributed by atoms with Crippen molar-refractivity contribution in [3.63, 3.8) is 0 Å². The molecule has 1 nitrogen and oxygen atoms in total. The molecule has 1 aromatic carbocycles. The summed E-state index contributed by atoms with van der Waals surface area (Å²) in [6, 6.07) is 10.5. The van der Waals surface area contributed by atoms with E-state index in [1.165, 1.54) is 11.4 Å². The molecular weight excluding hydrogens is 182 g/mol. The van der Waals surface area contributed by atoms with Crippen LogP contribution in [0.3, 0.4) is 0 Å². The predicted octanol–water partition coefficient (Wildman–Crippen LogP) is 3.73. The molecule has 0 fully saturated rings. The molecule has 15 heavy (non-hydrogen) atoms. The SMILES string of the molecule is C/C=C\C(=C/C)[N+](C)(C)c1ccccc1. The van der Waals surface area contributed by atoms with Gasteiger partial charge < -0.3 is 0 Å². The molecule has 0 atom stereocenters. The third-order valence-electron chi connectivity index (χ3n) is 2.68. The quantitative estimate of drug-likeness (QED) is 0.517.